The highest BCUT2D eigenvalue weighted by Gasteiger charge is 2.19. The first-order valence-corrected chi connectivity index (χ1v) is 6.36. The predicted molar refractivity (Wildman–Crippen MR) is 69.5 cm³/mol. The summed E-state index contributed by atoms with van der Waals surface area (Å²) in [6.45, 7) is 4.24. The molecule has 2 atom stereocenters. The average molecular weight is 223 g/mol. The van der Waals surface area contributed by atoms with Crippen LogP contribution in [-0.4, -0.2) is 17.2 Å². The highest BCUT2D eigenvalue weighted by atomic mass is 15.3. The highest BCUT2D eigenvalue weighted by molar-refractivity contribution is 4.96. The van der Waals surface area contributed by atoms with Crippen LogP contribution in [0.1, 0.15) is 46.0 Å². The molecule has 1 rings (SSSR count). The van der Waals surface area contributed by atoms with Crippen molar-refractivity contribution in [1.29, 1.82) is 0 Å². The Labute approximate surface area is 99.4 Å². The number of hydrogen-bond donors (Lipinski definition) is 2. The Kier molecular flexibility index (Phi) is 6.01. The Morgan fingerprint density at radius 1 is 1.44 bits per heavy atom. The number of allylic oxidation sites excluding steroid dienone is 2. The lowest BCUT2D eigenvalue weighted by atomic mass is 10.2. The van der Waals surface area contributed by atoms with Crippen LogP contribution in [0, 0.1) is 0 Å². The van der Waals surface area contributed by atoms with E-state index in [2.05, 4.69) is 29.3 Å². The summed E-state index contributed by atoms with van der Waals surface area (Å²) < 4.78 is 0. The molecule has 1 aliphatic rings. The molecule has 0 saturated carbocycles. The molecule has 0 radical (unpaired) electrons. The van der Waals surface area contributed by atoms with Gasteiger partial charge in [-0.15, -0.1) is 0 Å². The van der Waals surface area contributed by atoms with Crippen molar-refractivity contribution in [3.8, 4) is 0 Å². The smallest absolute Gasteiger partial charge is 0.0998 e. The minimum Gasteiger partial charge on any atom is -0.370 e. The van der Waals surface area contributed by atoms with Crippen LogP contribution in [0.3, 0.4) is 0 Å². The summed E-state index contributed by atoms with van der Waals surface area (Å²) in [6, 6.07) is 0. The zero-order chi connectivity index (χ0) is 11.8. The number of nitrogens with two attached hydrogens (primary N) is 1. The van der Waals surface area contributed by atoms with Gasteiger partial charge in [-0.05, 0) is 26.2 Å². The molecule has 0 bridgehead atoms. The fourth-order valence-corrected chi connectivity index (χ4v) is 1.89. The molecule has 3 heteroatoms. The maximum Gasteiger partial charge on any atom is 0.0998 e. The molecule has 0 saturated heterocycles. The zero-order valence-electron chi connectivity index (χ0n) is 10.5. The molecule has 0 spiro atoms. The van der Waals surface area contributed by atoms with Crippen LogP contribution < -0.4 is 11.1 Å². The molecule has 1 heterocycles. The Hall–Kier alpha value is -0.960. The van der Waals surface area contributed by atoms with E-state index >= 15 is 0 Å². The van der Waals surface area contributed by atoms with Gasteiger partial charge < -0.3 is 16.0 Å². The van der Waals surface area contributed by atoms with E-state index in [9.17, 15) is 0 Å². The molecule has 0 aromatic rings. The number of unbranched alkanes of at least 4 members (excludes halogenated alkanes) is 2. The first-order chi connectivity index (χ1) is 7.75. The van der Waals surface area contributed by atoms with Gasteiger partial charge in [0.1, 0.15) is 0 Å². The Morgan fingerprint density at radius 3 is 2.88 bits per heavy atom. The van der Waals surface area contributed by atoms with Crippen LogP contribution >= 0.6 is 0 Å². The van der Waals surface area contributed by atoms with Crippen molar-refractivity contribution in [3.63, 3.8) is 0 Å². The third-order valence-electron chi connectivity index (χ3n) is 2.86. The standard InChI is InChI=1S/C13H25N3/c1-3-4-5-6-7-8-9-13-15-10-11-16(13)12(2)14/h6-7,10-13,15H,3-5,8-9,14H2,1-2H3/b7-6+. The predicted octanol–water partition coefficient (Wildman–Crippen LogP) is 2.52. The highest BCUT2D eigenvalue weighted by Crippen LogP contribution is 2.12. The largest absolute Gasteiger partial charge is 0.370 e. The van der Waals surface area contributed by atoms with E-state index < -0.39 is 0 Å². The lowest BCUT2D eigenvalue weighted by Gasteiger charge is -2.28. The van der Waals surface area contributed by atoms with Crippen molar-refractivity contribution in [2.45, 2.75) is 58.3 Å². The number of nitrogens with one attached hydrogen (secondary N) is 1. The molecule has 0 aliphatic carbocycles. The van der Waals surface area contributed by atoms with Gasteiger partial charge in [-0.25, -0.2) is 0 Å². The van der Waals surface area contributed by atoms with Crippen LogP contribution in [0.2, 0.25) is 0 Å². The number of hydrogen-bond acceptors (Lipinski definition) is 3. The average Bonchev–Trinajstić information content (AvgIpc) is 2.71. The van der Waals surface area contributed by atoms with Gasteiger partial charge in [0.2, 0.25) is 0 Å². The fraction of sp³-hybridized carbons (Fsp3) is 0.692. The topological polar surface area (TPSA) is 41.3 Å². The van der Waals surface area contributed by atoms with Crippen molar-refractivity contribution >= 4 is 0 Å². The van der Waals surface area contributed by atoms with Gasteiger partial charge in [0.15, 0.2) is 0 Å². The fourth-order valence-electron chi connectivity index (χ4n) is 1.89. The minimum absolute atomic E-state index is 0.0836. The molecule has 0 aromatic carbocycles. The molecule has 1 aliphatic heterocycles. The van der Waals surface area contributed by atoms with E-state index in [4.69, 9.17) is 5.73 Å². The molecule has 16 heavy (non-hydrogen) atoms. The summed E-state index contributed by atoms with van der Waals surface area (Å²) >= 11 is 0. The summed E-state index contributed by atoms with van der Waals surface area (Å²) in [4.78, 5) is 2.17. The first kappa shape index (κ1) is 13.1. The Balaban J connectivity index is 2.15. The van der Waals surface area contributed by atoms with Crippen molar-refractivity contribution in [3.05, 3.63) is 24.6 Å². The first-order valence-electron chi connectivity index (χ1n) is 6.36. The molecule has 0 amide bonds. The van der Waals surface area contributed by atoms with E-state index in [0.29, 0.717) is 6.17 Å². The summed E-state index contributed by atoms with van der Waals surface area (Å²) in [6.07, 6.45) is 15.1. The van der Waals surface area contributed by atoms with Crippen LogP contribution in [0.15, 0.2) is 24.6 Å². The number of nitrogens with zero attached hydrogens (tertiary/aromatic N) is 1. The van der Waals surface area contributed by atoms with E-state index in [0.717, 1.165) is 12.8 Å². The molecular formula is C13H25N3. The van der Waals surface area contributed by atoms with Crippen LogP contribution in [0.25, 0.3) is 0 Å². The Bertz CT molecular complexity index is 233. The monoisotopic (exact) mass is 223 g/mol. The van der Waals surface area contributed by atoms with Gasteiger partial charge in [0.25, 0.3) is 0 Å². The SMILES string of the molecule is CCCC/C=C/CCC1NC=CN1C(C)N. The normalized spacial score (nSPS) is 21.7. The molecule has 2 unspecified atom stereocenters. The maximum absolute atomic E-state index is 5.87. The second-order valence-corrected chi connectivity index (χ2v) is 4.38. The van der Waals surface area contributed by atoms with Gasteiger partial charge in [-0.3, -0.25) is 0 Å². The van der Waals surface area contributed by atoms with E-state index in [1.165, 1.54) is 19.3 Å². The Morgan fingerprint density at radius 2 is 2.19 bits per heavy atom. The lowest BCUT2D eigenvalue weighted by Crippen LogP contribution is -2.44. The van der Waals surface area contributed by atoms with Gasteiger partial charge in [0, 0.05) is 12.4 Å². The second-order valence-electron chi connectivity index (χ2n) is 4.38. The maximum atomic E-state index is 5.87. The van der Waals surface area contributed by atoms with Gasteiger partial charge in [-0.1, -0.05) is 31.9 Å². The molecular weight excluding hydrogens is 198 g/mol. The van der Waals surface area contributed by atoms with Gasteiger partial charge >= 0.3 is 0 Å². The van der Waals surface area contributed by atoms with Crippen molar-refractivity contribution < 1.29 is 0 Å². The third kappa shape index (κ3) is 4.27. The summed E-state index contributed by atoms with van der Waals surface area (Å²) in [5, 5.41) is 3.32. The van der Waals surface area contributed by atoms with Crippen molar-refractivity contribution in [2.75, 3.05) is 0 Å². The second kappa shape index (κ2) is 7.34. The zero-order valence-corrected chi connectivity index (χ0v) is 10.5. The summed E-state index contributed by atoms with van der Waals surface area (Å²) in [5.74, 6) is 0. The van der Waals surface area contributed by atoms with Crippen molar-refractivity contribution in [2.24, 2.45) is 5.73 Å². The molecule has 3 nitrogen and oxygen atoms in total. The molecule has 3 N–H and O–H groups in total. The van der Waals surface area contributed by atoms with Crippen LogP contribution in [0.5, 0.6) is 0 Å². The quantitative estimate of drug-likeness (QED) is 0.515. The summed E-state index contributed by atoms with van der Waals surface area (Å²) in [5.41, 5.74) is 5.87. The molecule has 0 fully saturated rings. The van der Waals surface area contributed by atoms with Crippen LogP contribution in [-0.2, 0) is 0 Å². The minimum atomic E-state index is 0.0836. The van der Waals surface area contributed by atoms with Crippen molar-refractivity contribution in [1.82, 2.24) is 10.2 Å². The molecule has 92 valence electrons. The van der Waals surface area contributed by atoms with E-state index in [1.807, 2.05) is 19.3 Å². The number of rotatable bonds is 7. The van der Waals surface area contributed by atoms with Gasteiger partial charge in [-0.2, -0.15) is 0 Å². The molecule has 0 aromatic heterocycles. The third-order valence-corrected chi connectivity index (χ3v) is 2.86. The van der Waals surface area contributed by atoms with E-state index in [-0.39, 0.29) is 6.17 Å². The van der Waals surface area contributed by atoms with Crippen LogP contribution in [0.4, 0.5) is 0 Å². The van der Waals surface area contributed by atoms with Gasteiger partial charge in [0.05, 0.1) is 12.3 Å². The van der Waals surface area contributed by atoms with E-state index in [1.54, 1.807) is 0 Å². The lowest BCUT2D eigenvalue weighted by molar-refractivity contribution is 0.213. The summed E-state index contributed by atoms with van der Waals surface area (Å²) in [7, 11) is 0.